The number of carbonyl (C=O) groups is 1. The Balaban J connectivity index is 1.42. The molecule has 1 aromatic carbocycles. The SMILES string of the molecule is O=C1CN(C2CCCC2)C[C@H](OCc2ccccc2)CN1CC1CCOCC1. The fraction of sp³-hybridized carbons (Fsp3) is 0.696. The molecular weight excluding hydrogens is 352 g/mol. The Morgan fingerprint density at radius 2 is 1.75 bits per heavy atom. The summed E-state index contributed by atoms with van der Waals surface area (Å²) in [6.07, 6.45) is 7.22. The molecule has 0 unspecified atom stereocenters. The first-order valence-corrected chi connectivity index (χ1v) is 11.0. The van der Waals surface area contributed by atoms with Crippen LogP contribution in [0.2, 0.25) is 0 Å². The number of hydrogen-bond donors (Lipinski definition) is 0. The minimum atomic E-state index is 0.0760. The first-order valence-electron chi connectivity index (χ1n) is 11.0. The molecule has 0 N–H and O–H groups in total. The third kappa shape index (κ3) is 5.34. The number of ether oxygens (including phenoxy) is 2. The van der Waals surface area contributed by atoms with E-state index in [1.807, 2.05) is 6.07 Å². The van der Waals surface area contributed by atoms with Gasteiger partial charge in [0.2, 0.25) is 5.91 Å². The van der Waals surface area contributed by atoms with Gasteiger partial charge in [0.05, 0.1) is 19.3 Å². The van der Waals surface area contributed by atoms with Gasteiger partial charge in [-0.3, -0.25) is 9.69 Å². The van der Waals surface area contributed by atoms with Crippen molar-refractivity contribution in [2.75, 3.05) is 39.4 Å². The lowest BCUT2D eigenvalue weighted by molar-refractivity contribution is -0.133. The van der Waals surface area contributed by atoms with Crippen LogP contribution in [-0.4, -0.2) is 67.2 Å². The van der Waals surface area contributed by atoms with Crippen molar-refractivity contribution in [1.82, 2.24) is 9.80 Å². The second kappa shape index (κ2) is 9.86. The standard InChI is InChI=1S/C23H34N2O3/c26-23-17-24(21-8-4-5-9-21)15-22(28-18-20-6-2-1-3-7-20)16-25(23)14-19-10-12-27-13-11-19/h1-3,6-7,19,21-22H,4-5,8-18H2/t22-/m0/s1. The number of amides is 1. The maximum atomic E-state index is 13.1. The molecule has 3 aliphatic rings. The van der Waals surface area contributed by atoms with Crippen molar-refractivity contribution in [1.29, 1.82) is 0 Å². The second-order valence-electron chi connectivity index (χ2n) is 8.64. The summed E-state index contributed by atoms with van der Waals surface area (Å²) in [7, 11) is 0. The van der Waals surface area contributed by atoms with Crippen LogP contribution >= 0.6 is 0 Å². The minimum Gasteiger partial charge on any atom is -0.381 e. The molecule has 5 nitrogen and oxygen atoms in total. The van der Waals surface area contributed by atoms with Crippen LogP contribution in [0.3, 0.4) is 0 Å². The molecule has 2 saturated heterocycles. The van der Waals surface area contributed by atoms with Gasteiger partial charge in [0.1, 0.15) is 0 Å². The lowest BCUT2D eigenvalue weighted by Gasteiger charge is -2.30. The zero-order valence-electron chi connectivity index (χ0n) is 16.9. The molecule has 2 aliphatic heterocycles. The van der Waals surface area contributed by atoms with E-state index in [4.69, 9.17) is 9.47 Å². The Hall–Kier alpha value is -1.43. The molecule has 0 aromatic heterocycles. The topological polar surface area (TPSA) is 42.0 Å². The third-order valence-corrected chi connectivity index (χ3v) is 6.54. The van der Waals surface area contributed by atoms with E-state index in [9.17, 15) is 4.79 Å². The predicted octanol–water partition coefficient (Wildman–Crippen LogP) is 3.09. The average Bonchev–Trinajstić information content (AvgIpc) is 3.22. The Bertz CT molecular complexity index is 612. The first-order chi connectivity index (χ1) is 13.8. The molecule has 0 spiro atoms. The number of rotatable bonds is 6. The van der Waals surface area contributed by atoms with E-state index in [2.05, 4.69) is 34.1 Å². The van der Waals surface area contributed by atoms with Crippen LogP contribution in [0.5, 0.6) is 0 Å². The van der Waals surface area contributed by atoms with E-state index in [1.165, 1.54) is 31.2 Å². The van der Waals surface area contributed by atoms with Gasteiger partial charge in [0.15, 0.2) is 0 Å². The van der Waals surface area contributed by atoms with Crippen LogP contribution in [0.1, 0.15) is 44.1 Å². The van der Waals surface area contributed by atoms with Crippen LogP contribution in [0.4, 0.5) is 0 Å². The van der Waals surface area contributed by atoms with Crippen molar-refractivity contribution >= 4 is 5.91 Å². The van der Waals surface area contributed by atoms with Crippen molar-refractivity contribution in [3.05, 3.63) is 35.9 Å². The van der Waals surface area contributed by atoms with Gasteiger partial charge in [0.25, 0.3) is 0 Å². The van der Waals surface area contributed by atoms with Gasteiger partial charge in [0, 0.05) is 38.9 Å². The maximum absolute atomic E-state index is 13.1. The number of hydrogen-bond acceptors (Lipinski definition) is 4. The summed E-state index contributed by atoms with van der Waals surface area (Å²) in [5.41, 5.74) is 1.20. The van der Waals surface area contributed by atoms with Gasteiger partial charge in [-0.15, -0.1) is 0 Å². The summed E-state index contributed by atoms with van der Waals surface area (Å²) in [5, 5.41) is 0. The van der Waals surface area contributed by atoms with Crippen molar-refractivity contribution < 1.29 is 14.3 Å². The fourth-order valence-corrected chi connectivity index (χ4v) is 4.86. The molecule has 2 heterocycles. The molecule has 1 aliphatic carbocycles. The molecule has 28 heavy (non-hydrogen) atoms. The van der Waals surface area contributed by atoms with Gasteiger partial charge in [-0.05, 0) is 37.2 Å². The van der Waals surface area contributed by atoms with Gasteiger partial charge in [-0.2, -0.15) is 0 Å². The summed E-state index contributed by atoms with van der Waals surface area (Å²) >= 11 is 0. The average molecular weight is 387 g/mol. The highest BCUT2D eigenvalue weighted by atomic mass is 16.5. The zero-order valence-corrected chi connectivity index (χ0v) is 16.9. The Kier molecular flexibility index (Phi) is 7.00. The monoisotopic (exact) mass is 386 g/mol. The summed E-state index contributed by atoms with van der Waals surface area (Å²) < 4.78 is 11.8. The van der Waals surface area contributed by atoms with E-state index < -0.39 is 0 Å². The van der Waals surface area contributed by atoms with Gasteiger partial charge in [-0.1, -0.05) is 43.2 Å². The quantitative estimate of drug-likeness (QED) is 0.754. The summed E-state index contributed by atoms with van der Waals surface area (Å²) in [6, 6.07) is 10.9. The summed E-state index contributed by atoms with van der Waals surface area (Å²) in [6.45, 7) is 5.26. The van der Waals surface area contributed by atoms with Gasteiger partial charge in [-0.25, -0.2) is 0 Å². The Labute approximate surface area is 169 Å². The normalized spacial score (nSPS) is 25.9. The number of carbonyl (C=O) groups excluding carboxylic acids is 1. The summed E-state index contributed by atoms with van der Waals surface area (Å²) in [4.78, 5) is 17.6. The van der Waals surface area contributed by atoms with E-state index in [0.29, 0.717) is 31.7 Å². The van der Waals surface area contributed by atoms with Crippen molar-refractivity contribution in [3.63, 3.8) is 0 Å². The zero-order chi connectivity index (χ0) is 19.2. The third-order valence-electron chi connectivity index (χ3n) is 6.54. The maximum Gasteiger partial charge on any atom is 0.236 e. The van der Waals surface area contributed by atoms with Crippen LogP contribution in [0.25, 0.3) is 0 Å². The number of benzene rings is 1. The van der Waals surface area contributed by atoms with Gasteiger partial charge >= 0.3 is 0 Å². The molecule has 154 valence electrons. The lowest BCUT2D eigenvalue weighted by atomic mass is 9.99. The van der Waals surface area contributed by atoms with E-state index in [0.717, 1.165) is 39.1 Å². The predicted molar refractivity (Wildman–Crippen MR) is 109 cm³/mol. The van der Waals surface area contributed by atoms with E-state index in [1.54, 1.807) is 0 Å². The second-order valence-corrected chi connectivity index (χ2v) is 8.64. The molecule has 0 radical (unpaired) electrons. The molecule has 4 rings (SSSR count). The van der Waals surface area contributed by atoms with Crippen LogP contribution in [-0.2, 0) is 20.9 Å². The highest BCUT2D eigenvalue weighted by molar-refractivity contribution is 5.78. The Morgan fingerprint density at radius 3 is 2.50 bits per heavy atom. The van der Waals surface area contributed by atoms with Crippen LogP contribution in [0.15, 0.2) is 30.3 Å². The van der Waals surface area contributed by atoms with Crippen LogP contribution < -0.4 is 0 Å². The van der Waals surface area contributed by atoms with Crippen molar-refractivity contribution in [3.8, 4) is 0 Å². The largest absolute Gasteiger partial charge is 0.381 e. The number of nitrogens with zero attached hydrogens (tertiary/aromatic N) is 2. The van der Waals surface area contributed by atoms with E-state index >= 15 is 0 Å². The molecule has 1 saturated carbocycles. The molecule has 5 heteroatoms. The highest BCUT2D eigenvalue weighted by Gasteiger charge is 2.34. The lowest BCUT2D eigenvalue weighted by Crippen LogP contribution is -2.42. The minimum absolute atomic E-state index is 0.0760. The molecule has 1 aromatic rings. The van der Waals surface area contributed by atoms with Crippen LogP contribution in [0, 0.1) is 5.92 Å². The molecule has 1 atom stereocenters. The Morgan fingerprint density at radius 1 is 1.00 bits per heavy atom. The summed E-state index contributed by atoms with van der Waals surface area (Å²) in [5.74, 6) is 0.842. The molecule has 1 amide bonds. The fourth-order valence-electron chi connectivity index (χ4n) is 4.86. The van der Waals surface area contributed by atoms with Gasteiger partial charge < -0.3 is 14.4 Å². The highest BCUT2D eigenvalue weighted by Crippen LogP contribution is 2.26. The molecule has 0 bridgehead atoms. The van der Waals surface area contributed by atoms with Crippen molar-refractivity contribution in [2.24, 2.45) is 5.92 Å². The molecular formula is C23H34N2O3. The van der Waals surface area contributed by atoms with Crippen molar-refractivity contribution in [2.45, 2.75) is 57.3 Å². The molecule has 3 fully saturated rings. The van der Waals surface area contributed by atoms with E-state index in [-0.39, 0.29) is 12.0 Å². The first kappa shape index (κ1) is 19.9. The smallest absolute Gasteiger partial charge is 0.236 e.